The number of halogens is 3. The molecule has 0 aliphatic heterocycles. The van der Waals surface area contributed by atoms with Gasteiger partial charge in [0.25, 0.3) is 5.91 Å². The summed E-state index contributed by atoms with van der Waals surface area (Å²) in [5.74, 6) is -3.48. The van der Waals surface area contributed by atoms with Gasteiger partial charge in [-0.05, 0) is 6.92 Å². The van der Waals surface area contributed by atoms with E-state index < -0.39 is 30.1 Å². The Balaban J connectivity index is 4.08. The Morgan fingerprint density at radius 1 is 1.19 bits per heavy atom. The van der Waals surface area contributed by atoms with Crippen LogP contribution in [0.2, 0.25) is 0 Å². The fraction of sp³-hybridized carbons (Fsp3) is 0.500. The fourth-order valence-corrected chi connectivity index (χ4v) is 0.548. The van der Waals surface area contributed by atoms with Gasteiger partial charge in [-0.1, -0.05) is 0 Å². The molecule has 0 radical (unpaired) electrons. The SMILES string of the molecule is CC(NC(=O)O)C(=O)NNC(=O)C(F)(F)F. The molecule has 10 heteroatoms. The Morgan fingerprint density at radius 2 is 1.69 bits per heavy atom. The van der Waals surface area contributed by atoms with E-state index in [1.165, 1.54) is 5.43 Å². The molecule has 0 aromatic heterocycles. The summed E-state index contributed by atoms with van der Waals surface area (Å²) in [4.78, 5) is 31.2. The largest absolute Gasteiger partial charge is 0.472 e. The summed E-state index contributed by atoms with van der Waals surface area (Å²) >= 11 is 0. The molecule has 0 aliphatic carbocycles. The minimum absolute atomic E-state index is 1.08. The third kappa shape index (κ3) is 5.02. The molecule has 0 aromatic carbocycles. The van der Waals surface area contributed by atoms with Crippen molar-refractivity contribution in [2.24, 2.45) is 0 Å². The van der Waals surface area contributed by atoms with E-state index >= 15 is 0 Å². The molecule has 0 saturated heterocycles. The van der Waals surface area contributed by atoms with Crippen LogP contribution in [0.1, 0.15) is 6.92 Å². The quantitative estimate of drug-likeness (QED) is 0.483. The molecule has 0 spiro atoms. The number of hydrogen-bond donors (Lipinski definition) is 4. The van der Waals surface area contributed by atoms with Gasteiger partial charge in [0.05, 0.1) is 0 Å². The number of carbonyl (C=O) groups excluding carboxylic acids is 2. The minimum Gasteiger partial charge on any atom is -0.465 e. The van der Waals surface area contributed by atoms with Gasteiger partial charge in [0, 0.05) is 0 Å². The molecule has 0 heterocycles. The first-order chi connectivity index (χ1) is 7.14. The second kappa shape index (κ2) is 5.19. The van der Waals surface area contributed by atoms with Crippen LogP contribution >= 0.6 is 0 Å². The minimum atomic E-state index is -5.13. The number of alkyl halides is 3. The van der Waals surface area contributed by atoms with Gasteiger partial charge in [0.15, 0.2) is 0 Å². The molecular weight excluding hydrogens is 235 g/mol. The molecule has 0 rings (SSSR count). The molecule has 0 aromatic rings. The van der Waals surface area contributed by atoms with Crippen molar-refractivity contribution in [3.63, 3.8) is 0 Å². The van der Waals surface area contributed by atoms with Gasteiger partial charge in [-0.25, -0.2) is 4.79 Å². The highest BCUT2D eigenvalue weighted by Crippen LogP contribution is 2.13. The van der Waals surface area contributed by atoms with Crippen molar-refractivity contribution in [1.29, 1.82) is 0 Å². The van der Waals surface area contributed by atoms with E-state index in [2.05, 4.69) is 0 Å². The van der Waals surface area contributed by atoms with Gasteiger partial charge < -0.3 is 10.4 Å². The molecular formula is C6H8F3N3O4. The highest BCUT2D eigenvalue weighted by Gasteiger charge is 2.39. The summed E-state index contributed by atoms with van der Waals surface area (Å²) in [6.45, 7) is 1.09. The maximum absolute atomic E-state index is 11.6. The molecule has 0 aliphatic rings. The van der Waals surface area contributed by atoms with Crippen LogP contribution < -0.4 is 16.2 Å². The van der Waals surface area contributed by atoms with E-state index in [1.807, 2.05) is 0 Å². The lowest BCUT2D eigenvalue weighted by Crippen LogP contribution is -2.53. The molecule has 0 saturated carbocycles. The van der Waals surface area contributed by atoms with Crippen molar-refractivity contribution in [3.8, 4) is 0 Å². The van der Waals surface area contributed by atoms with E-state index in [4.69, 9.17) is 5.11 Å². The van der Waals surface area contributed by atoms with Crippen molar-refractivity contribution in [3.05, 3.63) is 0 Å². The Bertz CT molecular complexity index is 304. The van der Waals surface area contributed by atoms with Crippen LogP contribution in [0.5, 0.6) is 0 Å². The number of amides is 3. The van der Waals surface area contributed by atoms with Crippen molar-refractivity contribution < 1.29 is 32.7 Å². The second-order valence-electron chi connectivity index (χ2n) is 2.61. The van der Waals surface area contributed by atoms with Gasteiger partial charge >= 0.3 is 18.2 Å². The maximum Gasteiger partial charge on any atom is 0.472 e. The monoisotopic (exact) mass is 243 g/mol. The van der Waals surface area contributed by atoms with Gasteiger partial charge in [0.2, 0.25) is 0 Å². The Morgan fingerprint density at radius 3 is 2.06 bits per heavy atom. The topological polar surface area (TPSA) is 108 Å². The van der Waals surface area contributed by atoms with Gasteiger partial charge in [-0.3, -0.25) is 20.4 Å². The maximum atomic E-state index is 11.6. The molecule has 1 unspecified atom stereocenters. The van der Waals surface area contributed by atoms with Crippen molar-refractivity contribution >= 4 is 17.9 Å². The van der Waals surface area contributed by atoms with Crippen LogP contribution in [0.3, 0.4) is 0 Å². The lowest BCUT2D eigenvalue weighted by molar-refractivity contribution is -0.175. The molecule has 3 amide bonds. The molecule has 0 fully saturated rings. The number of rotatable bonds is 2. The van der Waals surface area contributed by atoms with Crippen LogP contribution in [0.15, 0.2) is 0 Å². The molecule has 1 atom stereocenters. The first kappa shape index (κ1) is 14.0. The summed E-state index contributed by atoms with van der Waals surface area (Å²) in [6, 6.07) is -1.30. The van der Waals surface area contributed by atoms with E-state index in [-0.39, 0.29) is 0 Å². The number of hydrazine groups is 1. The third-order valence-corrected chi connectivity index (χ3v) is 1.29. The van der Waals surface area contributed by atoms with Crippen LogP contribution in [-0.4, -0.2) is 35.2 Å². The molecule has 7 nitrogen and oxygen atoms in total. The number of nitrogens with one attached hydrogen (secondary N) is 3. The van der Waals surface area contributed by atoms with E-state index in [0.717, 1.165) is 12.3 Å². The lowest BCUT2D eigenvalue weighted by Gasteiger charge is -2.13. The molecule has 92 valence electrons. The van der Waals surface area contributed by atoms with Gasteiger partial charge in [-0.15, -0.1) is 0 Å². The lowest BCUT2D eigenvalue weighted by atomic mass is 10.3. The normalized spacial score (nSPS) is 12.5. The highest BCUT2D eigenvalue weighted by atomic mass is 19.4. The van der Waals surface area contributed by atoms with Crippen LogP contribution in [0, 0.1) is 0 Å². The van der Waals surface area contributed by atoms with E-state index in [1.54, 1.807) is 5.32 Å². The van der Waals surface area contributed by atoms with Gasteiger partial charge in [-0.2, -0.15) is 13.2 Å². The van der Waals surface area contributed by atoms with E-state index in [0.29, 0.717) is 0 Å². The average Bonchev–Trinajstić information content (AvgIpc) is 2.10. The first-order valence-corrected chi connectivity index (χ1v) is 3.81. The fourth-order valence-electron chi connectivity index (χ4n) is 0.548. The summed E-state index contributed by atoms with van der Waals surface area (Å²) in [6.07, 6.45) is -6.65. The Hall–Kier alpha value is -2.00. The van der Waals surface area contributed by atoms with Crippen LogP contribution in [-0.2, 0) is 9.59 Å². The summed E-state index contributed by atoms with van der Waals surface area (Å²) in [5, 5.41) is 9.86. The van der Waals surface area contributed by atoms with Crippen LogP contribution in [0.4, 0.5) is 18.0 Å². The Labute approximate surface area is 87.0 Å². The zero-order valence-corrected chi connectivity index (χ0v) is 7.88. The third-order valence-electron chi connectivity index (χ3n) is 1.29. The van der Waals surface area contributed by atoms with Crippen molar-refractivity contribution in [1.82, 2.24) is 16.2 Å². The zero-order valence-electron chi connectivity index (χ0n) is 7.88. The highest BCUT2D eigenvalue weighted by molar-refractivity contribution is 5.88. The average molecular weight is 243 g/mol. The number of carboxylic acid groups (broad SMARTS) is 1. The number of carbonyl (C=O) groups is 3. The van der Waals surface area contributed by atoms with Crippen molar-refractivity contribution in [2.75, 3.05) is 0 Å². The summed E-state index contributed by atoms with van der Waals surface area (Å²) in [5.41, 5.74) is 2.49. The first-order valence-electron chi connectivity index (χ1n) is 3.81. The zero-order chi connectivity index (χ0) is 12.9. The standard InChI is InChI=1S/C6H8F3N3O4/c1-2(10-5(15)16)3(13)11-12-4(14)6(7,8)9/h2,10H,1H3,(H,11,13)(H,12,14)(H,15,16). The summed E-state index contributed by atoms with van der Waals surface area (Å²) in [7, 11) is 0. The molecule has 16 heavy (non-hydrogen) atoms. The smallest absolute Gasteiger partial charge is 0.465 e. The Kier molecular flexibility index (Phi) is 4.54. The molecule has 0 bridgehead atoms. The second-order valence-corrected chi connectivity index (χ2v) is 2.61. The van der Waals surface area contributed by atoms with Crippen molar-refractivity contribution in [2.45, 2.75) is 19.1 Å². The van der Waals surface area contributed by atoms with Crippen LogP contribution in [0.25, 0.3) is 0 Å². The summed E-state index contributed by atoms with van der Waals surface area (Å²) < 4.78 is 34.9. The predicted molar refractivity (Wildman–Crippen MR) is 43.0 cm³/mol. The molecule has 4 N–H and O–H groups in total. The predicted octanol–water partition coefficient (Wildman–Crippen LogP) is -0.648. The number of hydrogen-bond acceptors (Lipinski definition) is 3. The van der Waals surface area contributed by atoms with E-state index in [9.17, 15) is 27.6 Å². The van der Waals surface area contributed by atoms with Gasteiger partial charge in [0.1, 0.15) is 6.04 Å².